The average molecular weight is 473 g/mol. The van der Waals surface area contributed by atoms with E-state index in [1.165, 1.54) is 16.7 Å². The highest BCUT2D eigenvalue weighted by atomic mass is 19.4. The molecule has 0 bridgehead atoms. The molecule has 0 aliphatic carbocycles. The van der Waals surface area contributed by atoms with Gasteiger partial charge in [-0.2, -0.15) is 13.2 Å². The Bertz CT molecular complexity index is 1380. The van der Waals surface area contributed by atoms with Gasteiger partial charge in [0.1, 0.15) is 11.5 Å². The average Bonchev–Trinajstić information content (AvgIpc) is 3.28. The number of nitrogens with zero attached hydrogens (tertiary/aromatic N) is 3. The fourth-order valence-corrected chi connectivity index (χ4v) is 3.57. The Balaban J connectivity index is 1.72. The molecule has 0 atom stereocenters. The van der Waals surface area contributed by atoms with E-state index in [1.54, 1.807) is 0 Å². The third-order valence-electron chi connectivity index (χ3n) is 5.21. The molecule has 176 valence electrons. The van der Waals surface area contributed by atoms with E-state index in [4.69, 9.17) is 9.26 Å². The lowest BCUT2D eigenvalue weighted by Crippen LogP contribution is -2.25. The molecule has 0 unspecified atom stereocenters. The Morgan fingerprint density at radius 1 is 1.09 bits per heavy atom. The van der Waals surface area contributed by atoms with Crippen molar-refractivity contribution in [3.63, 3.8) is 0 Å². The van der Waals surface area contributed by atoms with Gasteiger partial charge in [-0.25, -0.2) is 9.37 Å². The lowest BCUT2D eigenvalue weighted by molar-refractivity contribution is -0.137. The van der Waals surface area contributed by atoms with Crippen molar-refractivity contribution in [2.24, 2.45) is 0 Å². The van der Waals surface area contributed by atoms with Crippen LogP contribution < -0.4 is 10.3 Å². The first kappa shape index (κ1) is 23.2. The van der Waals surface area contributed by atoms with Gasteiger partial charge in [0.05, 0.1) is 24.9 Å². The predicted octanol–water partition coefficient (Wildman–Crippen LogP) is 5.34. The first-order valence-corrected chi connectivity index (χ1v) is 10.3. The minimum Gasteiger partial charge on any atom is -0.494 e. The quantitative estimate of drug-likeness (QED) is 0.354. The maximum absolute atomic E-state index is 13.9. The zero-order valence-electron chi connectivity index (χ0n) is 18.2. The van der Waals surface area contributed by atoms with Crippen molar-refractivity contribution < 1.29 is 26.8 Å². The Hall–Kier alpha value is -3.95. The largest absolute Gasteiger partial charge is 0.494 e. The number of benzene rings is 2. The Morgan fingerprint density at radius 2 is 1.82 bits per heavy atom. The number of aryl methyl sites for hydroxylation is 1. The van der Waals surface area contributed by atoms with Gasteiger partial charge < -0.3 is 9.26 Å². The number of rotatable bonds is 6. The zero-order valence-corrected chi connectivity index (χ0v) is 18.2. The second kappa shape index (κ2) is 9.12. The SMILES string of the molecule is CCc1nc(-c2ccccc2)cc(=O)n1Cc1cc(-c2cc(OC)c(F)cc2C(F)(F)F)on1. The van der Waals surface area contributed by atoms with Gasteiger partial charge in [-0.05, 0) is 12.1 Å². The molecule has 0 saturated heterocycles. The summed E-state index contributed by atoms with van der Waals surface area (Å²) in [5, 5.41) is 3.82. The van der Waals surface area contributed by atoms with Crippen LogP contribution in [-0.2, 0) is 19.1 Å². The molecule has 2 aromatic carbocycles. The van der Waals surface area contributed by atoms with E-state index < -0.39 is 23.1 Å². The maximum atomic E-state index is 13.9. The van der Waals surface area contributed by atoms with Crippen molar-refractivity contribution in [1.82, 2.24) is 14.7 Å². The van der Waals surface area contributed by atoms with E-state index in [1.807, 2.05) is 37.3 Å². The molecule has 10 heteroatoms. The lowest BCUT2D eigenvalue weighted by Gasteiger charge is -2.13. The number of halogens is 4. The van der Waals surface area contributed by atoms with Crippen molar-refractivity contribution in [3.05, 3.63) is 87.9 Å². The van der Waals surface area contributed by atoms with Gasteiger partial charge in [0.15, 0.2) is 17.3 Å². The molecule has 0 spiro atoms. The van der Waals surface area contributed by atoms with Crippen LogP contribution in [0.5, 0.6) is 5.75 Å². The number of hydrogen-bond donors (Lipinski definition) is 0. The van der Waals surface area contributed by atoms with E-state index in [9.17, 15) is 22.4 Å². The fraction of sp³-hybridized carbons (Fsp3) is 0.208. The number of methoxy groups -OCH3 is 1. The van der Waals surface area contributed by atoms with Crippen LogP contribution in [0.1, 0.15) is 24.0 Å². The molecule has 2 heterocycles. The molecule has 0 aliphatic heterocycles. The molecule has 6 nitrogen and oxygen atoms in total. The topological polar surface area (TPSA) is 70.2 Å². The van der Waals surface area contributed by atoms with E-state index in [-0.39, 0.29) is 29.3 Å². The molecule has 0 radical (unpaired) electrons. The van der Waals surface area contributed by atoms with Crippen LogP contribution in [0.3, 0.4) is 0 Å². The Morgan fingerprint density at radius 3 is 2.47 bits per heavy atom. The summed E-state index contributed by atoms with van der Waals surface area (Å²) in [7, 11) is 1.14. The highest BCUT2D eigenvalue weighted by molar-refractivity contribution is 5.65. The van der Waals surface area contributed by atoms with Crippen LogP contribution in [0, 0.1) is 5.82 Å². The summed E-state index contributed by atoms with van der Waals surface area (Å²) in [6, 6.07) is 13.1. The molecule has 34 heavy (non-hydrogen) atoms. The summed E-state index contributed by atoms with van der Waals surface area (Å²) in [6.07, 6.45) is -4.40. The van der Waals surface area contributed by atoms with Crippen LogP contribution in [-0.4, -0.2) is 21.8 Å². The van der Waals surface area contributed by atoms with Crippen LogP contribution in [0.4, 0.5) is 17.6 Å². The van der Waals surface area contributed by atoms with E-state index in [2.05, 4.69) is 10.1 Å². The van der Waals surface area contributed by atoms with Gasteiger partial charge in [-0.1, -0.05) is 42.4 Å². The smallest absolute Gasteiger partial charge is 0.417 e. The van der Waals surface area contributed by atoms with Crippen molar-refractivity contribution in [2.75, 3.05) is 7.11 Å². The molecule has 0 fully saturated rings. The second-order valence-corrected chi connectivity index (χ2v) is 7.41. The summed E-state index contributed by atoms with van der Waals surface area (Å²) in [6.45, 7) is 1.77. The van der Waals surface area contributed by atoms with Gasteiger partial charge in [-0.3, -0.25) is 9.36 Å². The highest BCUT2D eigenvalue weighted by Crippen LogP contribution is 2.40. The molecular formula is C24H19F4N3O3. The molecule has 0 N–H and O–H groups in total. The number of aromatic nitrogens is 3. The summed E-state index contributed by atoms with van der Waals surface area (Å²) >= 11 is 0. The Kier molecular flexibility index (Phi) is 6.23. The first-order valence-electron chi connectivity index (χ1n) is 10.3. The summed E-state index contributed by atoms with van der Waals surface area (Å²) in [4.78, 5) is 17.4. The van der Waals surface area contributed by atoms with Crippen LogP contribution in [0.25, 0.3) is 22.6 Å². The predicted molar refractivity (Wildman–Crippen MR) is 116 cm³/mol. The van der Waals surface area contributed by atoms with Crippen molar-refractivity contribution in [1.29, 1.82) is 0 Å². The van der Waals surface area contributed by atoms with Crippen molar-refractivity contribution >= 4 is 0 Å². The molecule has 4 rings (SSSR count). The fourth-order valence-electron chi connectivity index (χ4n) is 3.57. The molecule has 0 amide bonds. The Labute approximate surface area is 191 Å². The zero-order chi connectivity index (χ0) is 24.5. The summed E-state index contributed by atoms with van der Waals surface area (Å²) in [5.41, 5.74) is -0.478. The number of hydrogen-bond acceptors (Lipinski definition) is 5. The third kappa shape index (κ3) is 4.57. The minimum atomic E-state index is -4.83. The third-order valence-corrected chi connectivity index (χ3v) is 5.21. The highest BCUT2D eigenvalue weighted by Gasteiger charge is 2.36. The standard InChI is InChI=1S/C24H19F4N3O3/c1-3-22-29-19(14-7-5-4-6-8-14)12-23(32)31(22)13-15-9-20(34-30-15)16-10-21(33-2)18(25)11-17(16)24(26,27)28/h4-12H,3,13H2,1-2H3. The lowest BCUT2D eigenvalue weighted by atomic mass is 10.0. The van der Waals surface area contributed by atoms with Gasteiger partial charge in [-0.15, -0.1) is 0 Å². The summed E-state index contributed by atoms with van der Waals surface area (Å²) < 4.78 is 65.8. The van der Waals surface area contributed by atoms with E-state index in [0.29, 0.717) is 24.0 Å². The van der Waals surface area contributed by atoms with Crippen molar-refractivity contribution in [2.45, 2.75) is 26.1 Å². The second-order valence-electron chi connectivity index (χ2n) is 7.41. The molecule has 0 aliphatic rings. The van der Waals surface area contributed by atoms with Crippen LogP contribution >= 0.6 is 0 Å². The van der Waals surface area contributed by atoms with Crippen molar-refractivity contribution in [3.8, 4) is 28.3 Å². The van der Waals surface area contributed by atoms with Gasteiger partial charge in [0.2, 0.25) is 0 Å². The normalized spacial score (nSPS) is 11.6. The molecule has 0 saturated carbocycles. The summed E-state index contributed by atoms with van der Waals surface area (Å²) in [5.74, 6) is -1.27. The van der Waals surface area contributed by atoms with Gasteiger partial charge in [0, 0.05) is 29.7 Å². The van der Waals surface area contributed by atoms with E-state index >= 15 is 0 Å². The molecule has 4 aromatic rings. The molecular weight excluding hydrogens is 454 g/mol. The van der Waals surface area contributed by atoms with E-state index in [0.717, 1.165) is 18.7 Å². The monoisotopic (exact) mass is 473 g/mol. The van der Waals surface area contributed by atoms with Crippen LogP contribution in [0.15, 0.2) is 63.9 Å². The minimum absolute atomic E-state index is 0.0622. The number of alkyl halides is 3. The number of ether oxygens (including phenoxy) is 1. The first-order chi connectivity index (χ1) is 16.2. The van der Waals surface area contributed by atoms with Gasteiger partial charge >= 0.3 is 6.18 Å². The van der Waals surface area contributed by atoms with Gasteiger partial charge in [0.25, 0.3) is 5.56 Å². The maximum Gasteiger partial charge on any atom is 0.417 e. The molecule has 2 aromatic heterocycles. The van der Waals surface area contributed by atoms with Crippen LogP contribution in [0.2, 0.25) is 0 Å².